The summed E-state index contributed by atoms with van der Waals surface area (Å²) in [6.07, 6.45) is 23.8. The molecule has 1 heterocycles. The number of carbonyl (C=O) groups excluding carboxylic acids is 2. The van der Waals surface area contributed by atoms with Gasteiger partial charge in [0.05, 0.1) is 12.5 Å². The third-order valence-electron chi connectivity index (χ3n) is 10.5. The molecule has 8 heteroatoms. The maximum absolute atomic E-state index is 13.6. The number of carboxylic acids is 1. The van der Waals surface area contributed by atoms with Gasteiger partial charge < -0.3 is 25.2 Å². The molecular weight excluding hydrogens is 592 g/mol. The highest BCUT2D eigenvalue weighted by atomic mass is 16.7. The smallest absolute Gasteiger partial charge is 0.308 e. The number of carboxylic acid groups (broad SMARTS) is 1. The van der Waals surface area contributed by atoms with Crippen LogP contribution in [0.5, 0.6) is 0 Å². The molecule has 0 radical (unpaired) electrons. The van der Waals surface area contributed by atoms with Crippen LogP contribution in [0.2, 0.25) is 0 Å². The molecule has 3 N–H and O–H groups in total. The van der Waals surface area contributed by atoms with Gasteiger partial charge in [-0.3, -0.25) is 14.4 Å². The molecule has 3 unspecified atom stereocenters. The average Bonchev–Trinajstić information content (AvgIpc) is 3.02. The quantitative estimate of drug-likeness (QED) is 0.0888. The third-order valence-corrected chi connectivity index (χ3v) is 10.5. The summed E-state index contributed by atoms with van der Waals surface area (Å²) in [4.78, 5) is 39.3. The standard InChI is InChI=1S/C39H72N2O6/c1-7-9-10-11-12-13-14-15-16-17-18-19-20-21-25-30(24-8-2)35(42)41-33-27-23-22-26-31(33)32(37(44)45)28-40-36(43)34-38(3,4)29-46-39(5,6)47-34/h30-34H,7-29H2,1-6H3,(H,40,43)(H,41,42)(H,44,45)/t30?,31-,32?,33-,34?/m0/s1. The van der Waals surface area contributed by atoms with E-state index in [2.05, 4.69) is 24.5 Å². The number of ether oxygens (including phenoxy) is 2. The zero-order valence-electron chi connectivity index (χ0n) is 31.1. The van der Waals surface area contributed by atoms with Gasteiger partial charge in [0.15, 0.2) is 5.79 Å². The second-order valence-electron chi connectivity index (χ2n) is 15.8. The fourth-order valence-electron chi connectivity index (χ4n) is 7.51. The van der Waals surface area contributed by atoms with Crippen LogP contribution in [0.1, 0.15) is 176 Å². The molecule has 2 aliphatic rings. The zero-order valence-corrected chi connectivity index (χ0v) is 31.1. The molecule has 2 rings (SSSR count). The van der Waals surface area contributed by atoms with E-state index in [1.807, 2.05) is 13.8 Å². The van der Waals surface area contributed by atoms with E-state index in [0.29, 0.717) is 6.61 Å². The second kappa shape index (κ2) is 22.1. The molecule has 8 nitrogen and oxygen atoms in total. The van der Waals surface area contributed by atoms with Crippen LogP contribution in [-0.4, -0.2) is 54.0 Å². The Balaban J connectivity index is 1.79. The van der Waals surface area contributed by atoms with Crippen LogP contribution in [0.25, 0.3) is 0 Å². The molecule has 47 heavy (non-hydrogen) atoms. The summed E-state index contributed by atoms with van der Waals surface area (Å²) in [7, 11) is 0. The SMILES string of the molecule is CCCCCCCCCCCCCCCCC(CCC)C(=O)N[C@H]1CCCC[C@H]1C(CNC(=O)C1OC(C)(C)OCC1(C)C)C(=O)O. The Kier molecular flexibility index (Phi) is 19.5. The Bertz CT molecular complexity index is 906. The predicted molar refractivity (Wildman–Crippen MR) is 190 cm³/mol. The van der Waals surface area contributed by atoms with Crippen molar-refractivity contribution in [1.82, 2.24) is 10.6 Å². The van der Waals surface area contributed by atoms with E-state index in [4.69, 9.17) is 9.47 Å². The van der Waals surface area contributed by atoms with Crippen molar-refractivity contribution in [3.05, 3.63) is 0 Å². The number of amides is 2. The topological polar surface area (TPSA) is 114 Å². The highest BCUT2D eigenvalue weighted by Gasteiger charge is 2.46. The number of carbonyl (C=O) groups is 3. The van der Waals surface area contributed by atoms with Gasteiger partial charge in [-0.05, 0) is 45.4 Å². The Morgan fingerprint density at radius 2 is 1.32 bits per heavy atom. The number of hydrogen-bond donors (Lipinski definition) is 3. The number of aliphatic carboxylic acids is 1. The Morgan fingerprint density at radius 3 is 1.87 bits per heavy atom. The lowest BCUT2D eigenvalue weighted by Crippen LogP contribution is -2.57. The molecular formula is C39H72N2O6. The number of nitrogens with one attached hydrogen (secondary N) is 2. The number of unbranched alkanes of at least 4 members (excludes halogenated alkanes) is 13. The maximum Gasteiger partial charge on any atom is 0.308 e. The van der Waals surface area contributed by atoms with Crippen LogP contribution < -0.4 is 10.6 Å². The third kappa shape index (κ3) is 15.6. The van der Waals surface area contributed by atoms with Gasteiger partial charge in [-0.2, -0.15) is 0 Å². The fourth-order valence-corrected chi connectivity index (χ4v) is 7.51. The van der Waals surface area contributed by atoms with Crippen molar-refractivity contribution >= 4 is 17.8 Å². The predicted octanol–water partition coefficient (Wildman–Crippen LogP) is 8.94. The van der Waals surface area contributed by atoms with Gasteiger partial charge in [-0.25, -0.2) is 0 Å². The van der Waals surface area contributed by atoms with Crippen LogP contribution in [0, 0.1) is 23.2 Å². The highest BCUT2D eigenvalue weighted by Crippen LogP contribution is 2.36. The first-order valence-electron chi connectivity index (χ1n) is 19.5. The van der Waals surface area contributed by atoms with E-state index in [-0.39, 0.29) is 36.2 Å². The molecule has 0 aromatic heterocycles. The van der Waals surface area contributed by atoms with E-state index in [9.17, 15) is 19.5 Å². The first-order valence-corrected chi connectivity index (χ1v) is 19.5. The van der Waals surface area contributed by atoms with E-state index < -0.39 is 29.2 Å². The first-order chi connectivity index (χ1) is 22.4. The minimum Gasteiger partial charge on any atom is -0.481 e. The van der Waals surface area contributed by atoms with Crippen LogP contribution in [-0.2, 0) is 23.9 Å². The Morgan fingerprint density at radius 1 is 0.766 bits per heavy atom. The molecule has 1 aliphatic carbocycles. The van der Waals surface area contributed by atoms with Crippen molar-refractivity contribution in [2.45, 2.75) is 194 Å². The van der Waals surface area contributed by atoms with Crippen LogP contribution in [0.3, 0.4) is 0 Å². The minimum atomic E-state index is -0.934. The van der Waals surface area contributed by atoms with E-state index in [0.717, 1.165) is 51.4 Å². The molecule has 274 valence electrons. The van der Waals surface area contributed by atoms with Crippen LogP contribution in [0.4, 0.5) is 0 Å². The first kappa shape index (κ1) is 41.5. The molecule has 2 amide bonds. The molecule has 0 bridgehead atoms. The van der Waals surface area contributed by atoms with E-state index >= 15 is 0 Å². The summed E-state index contributed by atoms with van der Waals surface area (Å²) in [6.45, 7) is 12.2. The molecule has 1 saturated heterocycles. The second-order valence-corrected chi connectivity index (χ2v) is 15.8. The van der Waals surface area contributed by atoms with Gasteiger partial charge in [0.1, 0.15) is 6.10 Å². The van der Waals surface area contributed by atoms with Gasteiger partial charge in [0, 0.05) is 23.9 Å². The lowest BCUT2D eigenvalue weighted by molar-refractivity contribution is -0.304. The van der Waals surface area contributed by atoms with E-state index in [1.54, 1.807) is 13.8 Å². The van der Waals surface area contributed by atoms with Crippen molar-refractivity contribution in [3.63, 3.8) is 0 Å². The normalized spacial score (nSPS) is 23.5. The molecule has 1 saturated carbocycles. The number of hydrogen-bond acceptors (Lipinski definition) is 5. The zero-order chi connectivity index (χ0) is 34.7. The van der Waals surface area contributed by atoms with Gasteiger partial charge in [0.25, 0.3) is 0 Å². The highest BCUT2D eigenvalue weighted by molar-refractivity contribution is 5.82. The van der Waals surface area contributed by atoms with Crippen molar-refractivity contribution in [3.8, 4) is 0 Å². The van der Waals surface area contributed by atoms with Crippen LogP contribution >= 0.6 is 0 Å². The average molecular weight is 665 g/mol. The summed E-state index contributed by atoms with van der Waals surface area (Å²) in [5.41, 5.74) is -0.541. The molecule has 5 atom stereocenters. The van der Waals surface area contributed by atoms with Gasteiger partial charge in [-0.1, -0.05) is 137 Å². The minimum absolute atomic E-state index is 0.0138. The molecule has 0 aromatic rings. The van der Waals surface area contributed by atoms with Crippen molar-refractivity contribution in [1.29, 1.82) is 0 Å². The maximum atomic E-state index is 13.6. The summed E-state index contributed by atoms with van der Waals surface area (Å²) in [5.74, 6) is -3.10. The lowest BCUT2D eigenvalue weighted by atomic mass is 9.75. The van der Waals surface area contributed by atoms with Gasteiger partial charge >= 0.3 is 5.97 Å². The molecule has 1 aliphatic heterocycles. The van der Waals surface area contributed by atoms with Crippen molar-refractivity contribution in [2.24, 2.45) is 23.2 Å². The molecule has 0 aromatic carbocycles. The monoisotopic (exact) mass is 665 g/mol. The summed E-state index contributed by atoms with van der Waals surface area (Å²) in [5, 5.41) is 16.5. The van der Waals surface area contributed by atoms with Crippen molar-refractivity contribution < 1.29 is 29.0 Å². The van der Waals surface area contributed by atoms with Gasteiger partial charge in [-0.15, -0.1) is 0 Å². The fraction of sp³-hybridized carbons (Fsp3) is 0.923. The Hall–Kier alpha value is -1.67. The molecule has 0 spiro atoms. The van der Waals surface area contributed by atoms with Crippen molar-refractivity contribution in [2.75, 3.05) is 13.2 Å². The lowest BCUT2D eigenvalue weighted by Gasteiger charge is -2.45. The van der Waals surface area contributed by atoms with Crippen LogP contribution in [0.15, 0.2) is 0 Å². The summed E-state index contributed by atoms with van der Waals surface area (Å²) >= 11 is 0. The molecule has 2 fully saturated rings. The van der Waals surface area contributed by atoms with Gasteiger partial charge in [0.2, 0.25) is 11.8 Å². The van der Waals surface area contributed by atoms with E-state index in [1.165, 1.54) is 83.5 Å². The Labute approximate surface area is 287 Å². The summed E-state index contributed by atoms with van der Waals surface area (Å²) in [6, 6.07) is -0.195. The summed E-state index contributed by atoms with van der Waals surface area (Å²) < 4.78 is 11.7. The number of rotatable bonds is 24. The largest absolute Gasteiger partial charge is 0.481 e.